The molecule has 0 aliphatic carbocycles. The molecule has 16 heavy (non-hydrogen) atoms. The van der Waals surface area contributed by atoms with Gasteiger partial charge < -0.3 is 0 Å². The topological polar surface area (TPSA) is 40.9 Å². The van der Waals surface area contributed by atoms with Gasteiger partial charge >= 0.3 is 6.18 Å². The molecule has 0 saturated carbocycles. The number of rotatable bonds is 3. The highest BCUT2D eigenvalue weighted by Gasteiger charge is 2.40. The first kappa shape index (κ1) is 12.2. The molecule has 0 aliphatic heterocycles. The van der Waals surface area contributed by atoms with Gasteiger partial charge in [0, 0.05) is 12.0 Å². The van der Waals surface area contributed by atoms with Crippen LogP contribution in [0.1, 0.15) is 22.3 Å². The largest absolute Gasteiger partial charge is 0.454 e. The van der Waals surface area contributed by atoms with Crippen molar-refractivity contribution in [3.63, 3.8) is 0 Å². The predicted octanol–water partition coefficient (Wildman–Crippen LogP) is 2.89. The summed E-state index contributed by atoms with van der Waals surface area (Å²) in [7, 11) is 0. The first-order chi connectivity index (χ1) is 7.46. The van der Waals surface area contributed by atoms with E-state index in [1.165, 1.54) is 12.1 Å². The normalized spacial score (nSPS) is 10.9. The molecule has 1 aromatic carbocycles. The maximum absolute atomic E-state index is 12.2. The number of hydrogen-bond acceptors (Lipinski definition) is 2. The Bertz CT molecular complexity index is 432. The quantitative estimate of drug-likeness (QED) is 0.745. The summed E-state index contributed by atoms with van der Waals surface area (Å²) < 4.78 is 36.7. The molecule has 0 N–H and O–H groups in total. The molecule has 84 valence electrons. The van der Waals surface area contributed by atoms with Crippen LogP contribution in [0, 0.1) is 11.3 Å². The van der Waals surface area contributed by atoms with Crippen LogP contribution in [-0.2, 0) is 6.42 Å². The van der Waals surface area contributed by atoms with Crippen molar-refractivity contribution < 1.29 is 18.0 Å². The summed E-state index contributed by atoms with van der Waals surface area (Å²) in [6, 6.07) is 7.29. The van der Waals surface area contributed by atoms with E-state index >= 15 is 0 Å². The number of nitrogens with zero attached hydrogens (tertiary/aromatic N) is 1. The number of Topliss-reactive ketones (excluding diaryl/α,β-unsaturated/α-hetero) is 1. The third-order valence-electron chi connectivity index (χ3n) is 2.03. The maximum Gasteiger partial charge on any atom is 0.454 e. The van der Waals surface area contributed by atoms with Crippen LogP contribution in [0.4, 0.5) is 13.2 Å². The van der Waals surface area contributed by atoms with Gasteiger partial charge in [-0.3, -0.25) is 4.79 Å². The number of carbonyl (C=O) groups is 1. The van der Waals surface area contributed by atoms with E-state index in [2.05, 4.69) is 0 Å². The zero-order valence-corrected chi connectivity index (χ0v) is 8.21. The van der Waals surface area contributed by atoms with Crippen LogP contribution >= 0.6 is 0 Å². The first-order valence-corrected chi connectivity index (χ1v) is 4.53. The van der Waals surface area contributed by atoms with Crippen molar-refractivity contribution in [2.24, 2.45) is 0 Å². The van der Waals surface area contributed by atoms with E-state index in [4.69, 9.17) is 5.26 Å². The van der Waals surface area contributed by atoms with Crippen LogP contribution in [0.5, 0.6) is 0 Å². The van der Waals surface area contributed by atoms with E-state index < -0.39 is 12.0 Å². The van der Waals surface area contributed by atoms with Crippen molar-refractivity contribution in [2.75, 3.05) is 0 Å². The molecule has 0 spiro atoms. The van der Waals surface area contributed by atoms with Gasteiger partial charge in [0.25, 0.3) is 5.78 Å². The summed E-state index contributed by atoms with van der Waals surface area (Å²) in [5, 5.41) is 8.36. The van der Waals surface area contributed by atoms with Gasteiger partial charge in [0.15, 0.2) is 0 Å². The van der Waals surface area contributed by atoms with Gasteiger partial charge in [-0.2, -0.15) is 18.4 Å². The van der Waals surface area contributed by atoms with Gasteiger partial charge in [0.2, 0.25) is 0 Å². The Labute approximate surface area is 90.3 Å². The molecule has 0 aliphatic rings. The summed E-state index contributed by atoms with van der Waals surface area (Å²) in [4.78, 5) is 11.0. The van der Waals surface area contributed by atoms with Crippen molar-refractivity contribution >= 4 is 5.78 Å². The van der Waals surface area contributed by atoms with Gasteiger partial charge in [-0.05, 0) is 12.0 Å². The lowest BCUT2D eigenvalue weighted by Gasteiger charge is -2.09. The fourth-order valence-corrected chi connectivity index (χ4v) is 1.30. The number of alkyl halides is 3. The van der Waals surface area contributed by atoms with E-state index in [0.29, 0.717) is 0 Å². The maximum atomic E-state index is 12.2. The molecular formula is C11H8F3NO. The van der Waals surface area contributed by atoms with Crippen molar-refractivity contribution in [1.82, 2.24) is 0 Å². The third-order valence-corrected chi connectivity index (χ3v) is 2.03. The molecule has 0 heterocycles. The van der Waals surface area contributed by atoms with Gasteiger partial charge in [-0.15, -0.1) is 0 Å². The van der Waals surface area contributed by atoms with Crippen LogP contribution < -0.4 is 0 Å². The molecule has 2 nitrogen and oxygen atoms in total. The van der Waals surface area contributed by atoms with Gasteiger partial charge in [-0.25, -0.2) is 0 Å². The highest BCUT2D eigenvalue weighted by atomic mass is 19.4. The summed E-state index contributed by atoms with van der Waals surface area (Å²) in [5.74, 6) is -1.86. The zero-order valence-electron chi connectivity index (χ0n) is 8.21. The fraction of sp³-hybridized carbons (Fsp3) is 0.273. The highest BCUT2D eigenvalue weighted by molar-refractivity contribution is 6.01. The second kappa shape index (κ2) is 4.79. The Morgan fingerprint density at radius 1 is 1.31 bits per heavy atom. The molecule has 0 unspecified atom stereocenters. The Hall–Kier alpha value is -1.83. The minimum atomic E-state index is -4.87. The predicted molar refractivity (Wildman–Crippen MR) is 50.8 cm³/mol. The fourth-order valence-electron chi connectivity index (χ4n) is 1.30. The molecule has 0 atom stereocenters. The lowest BCUT2D eigenvalue weighted by atomic mass is 10.00. The Morgan fingerprint density at radius 2 is 1.94 bits per heavy atom. The SMILES string of the molecule is N#CCCc1ccccc1C(=O)C(F)(F)F. The number of carbonyl (C=O) groups excluding carboxylic acids is 1. The van der Waals surface area contributed by atoms with E-state index in [-0.39, 0.29) is 24.0 Å². The van der Waals surface area contributed by atoms with E-state index in [9.17, 15) is 18.0 Å². The Kier molecular flexibility index (Phi) is 3.67. The molecule has 0 amide bonds. The average molecular weight is 227 g/mol. The van der Waals surface area contributed by atoms with Crippen molar-refractivity contribution in [3.8, 4) is 6.07 Å². The average Bonchev–Trinajstić information content (AvgIpc) is 2.24. The molecule has 1 rings (SSSR count). The van der Waals surface area contributed by atoms with Gasteiger partial charge in [-0.1, -0.05) is 24.3 Å². The number of ketones is 1. The van der Waals surface area contributed by atoms with Crippen LogP contribution in [0.3, 0.4) is 0 Å². The number of benzene rings is 1. The van der Waals surface area contributed by atoms with Gasteiger partial charge in [0.05, 0.1) is 6.07 Å². The summed E-state index contributed by atoms with van der Waals surface area (Å²) in [5.41, 5.74) is -0.114. The molecule has 0 saturated heterocycles. The minimum absolute atomic E-state index is 0.0855. The number of hydrogen-bond donors (Lipinski definition) is 0. The van der Waals surface area contributed by atoms with Crippen LogP contribution in [-0.4, -0.2) is 12.0 Å². The standard InChI is InChI=1S/C11H8F3NO/c12-11(13,14)10(16)9-6-2-1-4-8(9)5-3-7-15/h1-2,4,6H,3,5H2. The Balaban J connectivity index is 3.05. The molecule has 0 fully saturated rings. The van der Waals surface area contributed by atoms with E-state index in [0.717, 1.165) is 6.07 Å². The second-order valence-corrected chi connectivity index (χ2v) is 3.14. The van der Waals surface area contributed by atoms with Crippen molar-refractivity contribution in [3.05, 3.63) is 35.4 Å². The first-order valence-electron chi connectivity index (χ1n) is 4.53. The summed E-state index contributed by atoms with van der Waals surface area (Å²) in [6.45, 7) is 0. The molecule has 5 heteroatoms. The van der Waals surface area contributed by atoms with E-state index in [1.54, 1.807) is 6.07 Å². The van der Waals surface area contributed by atoms with Crippen LogP contribution in [0.2, 0.25) is 0 Å². The van der Waals surface area contributed by atoms with E-state index in [1.807, 2.05) is 6.07 Å². The lowest BCUT2D eigenvalue weighted by Crippen LogP contribution is -2.23. The minimum Gasteiger partial charge on any atom is -0.284 e. The molecular weight excluding hydrogens is 219 g/mol. The Morgan fingerprint density at radius 3 is 2.50 bits per heavy atom. The number of halogens is 3. The summed E-state index contributed by atoms with van der Waals surface area (Å²) in [6.07, 6.45) is -4.64. The number of nitriles is 1. The molecule has 1 aromatic rings. The molecule has 0 bridgehead atoms. The van der Waals surface area contributed by atoms with Crippen LogP contribution in [0.15, 0.2) is 24.3 Å². The monoisotopic (exact) mass is 227 g/mol. The highest BCUT2D eigenvalue weighted by Crippen LogP contribution is 2.24. The second-order valence-electron chi connectivity index (χ2n) is 3.14. The van der Waals surface area contributed by atoms with Crippen molar-refractivity contribution in [2.45, 2.75) is 19.0 Å². The van der Waals surface area contributed by atoms with Crippen LogP contribution in [0.25, 0.3) is 0 Å². The van der Waals surface area contributed by atoms with Gasteiger partial charge in [0.1, 0.15) is 0 Å². The molecule has 0 radical (unpaired) electrons. The van der Waals surface area contributed by atoms with Crippen molar-refractivity contribution in [1.29, 1.82) is 5.26 Å². The third kappa shape index (κ3) is 2.83. The lowest BCUT2D eigenvalue weighted by molar-refractivity contribution is -0.0885. The molecule has 0 aromatic heterocycles. The summed E-state index contributed by atoms with van der Waals surface area (Å²) >= 11 is 0. The zero-order chi connectivity index (χ0) is 12.2. The smallest absolute Gasteiger partial charge is 0.284 e. The number of aryl methyl sites for hydroxylation is 1.